The van der Waals surface area contributed by atoms with Crippen molar-refractivity contribution in [3.05, 3.63) is 76.8 Å². The Morgan fingerprint density at radius 1 is 0.968 bits per heavy atom. The molecule has 0 aliphatic heterocycles. The van der Waals surface area contributed by atoms with Gasteiger partial charge in [0.05, 0.1) is 17.5 Å². The van der Waals surface area contributed by atoms with Gasteiger partial charge >= 0.3 is 6.03 Å². The van der Waals surface area contributed by atoms with Gasteiger partial charge < -0.3 is 15.4 Å². The molecule has 1 heterocycles. The van der Waals surface area contributed by atoms with E-state index in [2.05, 4.69) is 36.9 Å². The lowest BCUT2D eigenvalue weighted by molar-refractivity contribution is 0.102. The van der Waals surface area contributed by atoms with Gasteiger partial charge in [-0.05, 0) is 46.3 Å². The molecule has 156 valence electrons. The number of fused-ring (bicyclic) bond motifs is 1. The molecule has 3 N–H and O–H groups in total. The summed E-state index contributed by atoms with van der Waals surface area (Å²) in [5.41, 5.74) is 2.34. The number of urea groups is 1. The van der Waals surface area contributed by atoms with E-state index in [9.17, 15) is 9.59 Å². The lowest BCUT2D eigenvalue weighted by Crippen LogP contribution is -2.19. The van der Waals surface area contributed by atoms with Gasteiger partial charge in [0.1, 0.15) is 11.3 Å². The second-order valence-corrected chi connectivity index (χ2v) is 8.31. The zero-order valence-corrected chi connectivity index (χ0v) is 18.7. The molecule has 0 aliphatic carbocycles. The largest absolute Gasteiger partial charge is 0.494 e. The average Bonchev–Trinajstić information content (AvgIpc) is 3.17. The molecule has 31 heavy (non-hydrogen) atoms. The molecule has 0 radical (unpaired) electrons. The highest BCUT2D eigenvalue weighted by Gasteiger charge is 2.15. The first-order valence-electron chi connectivity index (χ1n) is 9.21. The zero-order valence-electron chi connectivity index (χ0n) is 16.3. The van der Waals surface area contributed by atoms with Gasteiger partial charge in [-0.1, -0.05) is 41.7 Å². The molecule has 0 saturated carbocycles. The zero-order chi connectivity index (χ0) is 21.8. The third kappa shape index (κ3) is 4.84. The Morgan fingerprint density at radius 2 is 1.71 bits per heavy atom. The predicted molar refractivity (Wildman–Crippen MR) is 127 cm³/mol. The van der Waals surface area contributed by atoms with E-state index in [1.165, 1.54) is 18.4 Å². The number of hydrogen-bond donors (Lipinski definition) is 3. The Kier molecular flexibility index (Phi) is 6.15. The fraction of sp³-hybridized carbons (Fsp3) is 0.0455. The molecular weight excluding hydrogens is 480 g/mol. The van der Waals surface area contributed by atoms with Gasteiger partial charge in [0.25, 0.3) is 5.91 Å². The Bertz CT molecular complexity index is 1260. The predicted octanol–water partition coefficient (Wildman–Crippen LogP) is 5.96. The van der Waals surface area contributed by atoms with E-state index in [1.807, 2.05) is 24.3 Å². The minimum Gasteiger partial charge on any atom is -0.494 e. The fourth-order valence-corrected chi connectivity index (χ4v) is 4.19. The van der Waals surface area contributed by atoms with Crippen LogP contribution in [-0.2, 0) is 0 Å². The number of ether oxygens (including phenoxy) is 1. The number of aromatic nitrogens is 1. The summed E-state index contributed by atoms with van der Waals surface area (Å²) in [6, 6.07) is 19.3. The number of para-hydroxylation sites is 1. The number of amides is 3. The normalized spacial score (nSPS) is 10.5. The maximum Gasteiger partial charge on any atom is 0.323 e. The van der Waals surface area contributed by atoms with E-state index >= 15 is 0 Å². The van der Waals surface area contributed by atoms with Gasteiger partial charge in [-0.25, -0.2) is 9.78 Å². The van der Waals surface area contributed by atoms with Crippen LogP contribution in [0.4, 0.5) is 21.3 Å². The summed E-state index contributed by atoms with van der Waals surface area (Å²) < 4.78 is 6.98. The van der Waals surface area contributed by atoms with Crippen molar-refractivity contribution < 1.29 is 14.3 Å². The molecule has 0 atom stereocenters. The van der Waals surface area contributed by atoms with E-state index in [-0.39, 0.29) is 5.91 Å². The molecule has 7 nitrogen and oxygen atoms in total. The van der Waals surface area contributed by atoms with Crippen molar-refractivity contribution in [3.8, 4) is 5.75 Å². The van der Waals surface area contributed by atoms with Crippen LogP contribution in [0.2, 0.25) is 0 Å². The molecule has 3 aromatic carbocycles. The summed E-state index contributed by atoms with van der Waals surface area (Å²) in [6.45, 7) is 0. The van der Waals surface area contributed by atoms with Crippen molar-refractivity contribution >= 4 is 65.9 Å². The molecule has 9 heteroatoms. The number of nitrogens with zero attached hydrogens (tertiary/aromatic N) is 1. The van der Waals surface area contributed by atoms with Crippen molar-refractivity contribution in [2.75, 3.05) is 23.1 Å². The highest BCUT2D eigenvalue weighted by atomic mass is 79.9. The Morgan fingerprint density at radius 3 is 2.45 bits per heavy atom. The first-order valence-corrected chi connectivity index (χ1v) is 10.8. The van der Waals surface area contributed by atoms with Gasteiger partial charge in [0.2, 0.25) is 0 Å². The summed E-state index contributed by atoms with van der Waals surface area (Å²) >= 11 is 4.70. The smallest absolute Gasteiger partial charge is 0.323 e. The van der Waals surface area contributed by atoms with Crippen molar-refractivity contribution in [1.82, 2.24) is 4.98 Å². The molecule has 0 aliphatic rings. The fourth-order valence-electron chi connectivity index (χ4n) is 2.89. The van der Waals surface area contributed by atoms with Gasteiger partial charge in [-0.15, -0.1) is 0 Å². The number of carbonyl (C=O) groups excluding carboxylic acids is 2. The number of methoxy groups -OCH3 is 1. The first-order chi connectivity index (χ1) is 15.0. The number of rotatable bonds is 5. The Hall–Kier alpha value is -3.43. The van der Waals surface area contributed by atoms with Crippen LogP contribution in [0.25, 0.3) is 10.2 Å². The van der Waals surface area contributed by atoms with E-state index < -0.39 is 6.03 Å². The van der Waals surface area contributed by atoms with Crippen LogP contribution < -0.4 is 20.7 Å². The van der Waals surface area contributed by atoms with E-state index in [1.54, 1.807) is 42.5 Å². The molecule has 0 spiro atoms. The molecule has 3 amide bonds. The van der Waals surface area contributed by atoms with Gasteiger partial charge in [-0.2, -0.15) is 0 Å². The number of benzene rings is 3. The minimum absolute atomic E-state index is 0.246. The van der Waals surface area contributed by atoms with E-state index in [0.717, 1.165) is 9.17 Å². The van der Waals surface area contributed by atoms with Crippen molar-refractivity contribution in [2.45, 2.75) is 0 Å². The molecular formula is C22H17BrN4O3S. The third-order valence-electron chi connectivity index (χ3n) is 4.32. The summed E-state index contributed by atoms with van der Waals surface area (Å²) in [7, 11) is 1.53. The highest BCUT2D eigenvalue weighted by Crippen LogP contribution is 2.35. The Balaban J connectivity index is 1.55. The standard InChI is InChI=1S/C22H17BrN4O3S/c1-30-17-11-14(24-21(29)25-16-10-6-5-9-15(16)23)12-18-19(17)26-22(31-18)27-20(28)13-7-3-2-4-8-13/h2-12H,1H3,(H2,24,25,29)(H,26,27,28). The molecule has 4 aromatic rings. The lowest BCUT2D eigenvalue weighted by atomic mass is 10.2. The first kappa shape index (κ1) is 20.8. The summed E-state index contributed by atoms with van der Waals surface area (Å²) in [4.78, 5) is 29.3. The van der Waals surface area contributed by atoms with Crippen molar-refractivity contribution in [2.24, 2.45) is 0 Å². The maximum atomic E-state index is 12.4. The number of nitrogens with one attached hydrogen (secondary N) is 3. The molecule has 1 aromatic heterocycles. The summed E-state index contributed by atoms with van der Waals surface area (Å²) in [6.07, 6.45) is 0. The van der Waals surface area contributed by atoms with Gasteiger partial charge in [0, 0.05) is 21.8 Å². The Labute approximate surface area is 190 Å². The van der Waals surface area contributed by atoms with Crippen molar-refractivity contribution in [3.63, 3.8) is 0 Å². The van der Waals surface area contributed by atoms with Crippen LogP contribution in [-0.4, -0.2) is 24.0 Å². The van der Waals surface area contributed by atoms with Gasteiger partial charge in [-0.3, -0.25) is 10.1 Å². The third-order valence-corrected chi connectivity index (χ3v) is 5.93. The van der Waals surface area contributed by atoms with Crippen LogP contribution >= 0.6 is 27.3 Å². The van der Waals surface area contributed by atoms with Crippen LogP contribution in [0.15, 0.2) is 71.2 Å². The SMILES string of the molecule is COc1cc(NC(=O)Nc2ccccc2Br)cc2sc(NC(=O)c3ccccc3)nc12. The van der Waals surface area contributed by atoms with Crippen LogP contribution in [0.3, 0.4) is 0 Å². The van der Waals surface area contributed by atoms with Crippen LogP contribution in [0, 0.1) is 0 Å². The monoisotopic (exact) mass is 496 g/mol. The topological polar surface area (TPSA) is 92.4 Å². The molecule has 0 saturated heterocycles. The second-order valence-electron chi connectivity index (χ2n) is 6.42. The van der Waals surface area contributed by atoms with Crippen molar-refractivity contribution in [1.29, 1.82) is 0 Å². The molecule has 0 unspecified atom stereocenters. The number of halogens is 1. The summed E-state index contributed by atoms with van der Waals surface area (Å²) in [5.74, 6) is 0.245. The van der Waals surface area contributed by atoms with E-state index in [0.29, 0.717) is 33.3 Å². The number of hydrogen-bond acceptors (Lipinski definition) is 5. The molecule has 0 fully saturated rings. The maximum absolute atomic E-state index is 12.4. The van der Waals surface area contributed by atoms with E-state index in [4.69, 9.17) is 4.74 Å². The molecule has 4 rings (SSSR count). The quantitative estimate of drug-likeness (QED) is 0.317. The number of thiazole rings is 1. The average molecular weight is 497 g/mol. The minimum atomic E-state index is -0.393. The highest BCUT2D eigenvalue weighted by molar-refractivity contribution is 9.10. The van der Waals surface area contributed by atoms with Crippen LogP contribution in [0.5, 0.6) is 5.75 Å². The number of anilines is 3. The molecule has 0 bridgehead atoms. The second kappa shape index (κ2) is 9.15. The lowest BCUT2D eigenvalue weighted by Gasteiger charge is -2.10. The van der Waals surface area contributed by atoms with Gasteiger partial charge in [0.15, 0.2) is 5.13 Å². The van der Waals surface area contributed by atoms with Crippen LogP contribution in [0.1, 0.15) is 10.4 Å². The summed E-state index contributed by atoms with van der Waals surface area (Å²) in [5, 5.41) is 8.84. The number of carbonyl (C=O) groups is 2.